The molecular weight excluding hydrogens is 784 g/mol. The minimum Gasteiger partial charge on any atom is -0.311 e. The van der Waals surface area contributed by atoms with Crippen molar-refractivity contribution in [3.8, 4) is 11.1 Å². The standard InChI is InChI=1S/C62H47BN2/c1-36-33-54-61(51-26-11-23-39(36)51)64(38-31-32-48-43-17-4-3-15-41(43)42-16-6-8-21-47(42)53(48)35-38)57-29-14-30-58-60(57)63(54)55-34-37(2)40-24-12-27-52(40)62(55)65(58)56-28-13-25-50-46-19-7-5-18-44(46)45-20-9-10-22-49(45)59(50)56/h3-10,13-22,25,28-35,42,47H,11-12,23-24,26-27H2,1-2H3. The molecular formula is C62H47BN2. The van der Waals surface area contributed by atoms with Gasteiger partial charge in [-0.3, -0.25) is 0 Å². The average molecular weight is 831 g/mol. The van der Waals surface area contributed by atoms with E-state index in [-0.39, 0.29) is 6.71 Å². The van der Waals surface area contributed by atoms with Gasteiger partial charge in [-0.2, -0.15) is 0 Å². The molecule has 0 N–H and O–H groups in total. The van der Waals surface area contributed by atoms with Crippen LogP contribution in [0.3, 0.4) is 0 Å². The lowest BCUT2D eigenvalue weighted by atomic mass is 9.33. The molecule has 2 atom stereocenters. The Hall–Kier alpha value is -7.10. The molecule has 2 aliphatic heterocycles. The Labute approximate surface area is 381 Å². The lowest BCUT2D eigenvalue weighted by molar-refractivity contribution is 0.720. The molecule has 2 nitrogen and oxygen atoms in total. The monoisotopic (exact) mass is 830 g/mol. The summed E-state index contributed by atoms with van der Waals surface area (Å²) in [5.74, 6) is 0.622. The number of hydrogen-bond donors (Lipinski definition) is 0. The molecule has 2 heterocycles. The summed E-state index contributed by atoms with van der Waals surface area (Å²) in [6, 6.07) is 54.3. The lowest BCUT2D eigenvalue weighted by Crippen LogP contribution is -2.62. The second-order valence-corrected chi connectivity index (χ2v) is 19.7. The van der Waals surface area contributed by atoms with Crippen LogP contribution in [0.15, 0.2) is 164 Å². The fourth-order valence-electron chi connectivity index (χ4n) is 14.0. The van der Waals surface area contributed by atoms with Gasteiger partial charge in [0.2, 0.25) is 0 Å². The van der Waals surface area contributed by atoms with Crippen molar-refractivity contribution < 1.29 is 0 Å². The molecule has 0 bridgehead atoms. The van der Waals surface area contributed by atoms with Gasteiger partial charge in [0.15, 0.2) is 0 Å². The Balaban J connectivity index is 1.05. The number of anilines is 6. The number of rotatable bonds is 2. The van der Waals surface area contributed by atoms with Crippen molar-refractivity contribution in [2.45, 2.75) is 64.2 Å². The van der Waals surface area contributed by atoms with Crippen molar-refractivity contribution in [1.29, 1.82) is 0 Å². The van der Waals surface area contributed by atoms with Crippen LogP contribution >= 0.6 is 0 Å². The van der Waals surface area contributed by atoms with E-state index in [2.05, 4.69) is 187 Å². The molecule has 0 aromatic heterocycles. The van der Waals surface area contributed by atoms with Gasteiger partial charge in [0, 0.05) is 45.7 Å². The summed E-state index contributed by atoms with van der Waals surface area (Å²) >= 11 is 0. The summed E-state index contributed by atoms with van der Waals surface area (Å²) in [5.41, 5.74) is 27.1. The van der Waals surface area contributed by atoms with E-state index >= 15 is 0 Å². The highest BCUT2D eigenvalue weighted by Crippen LogP contribution is 2.54. The van der Waals surface area contributed by atoms with E-state index in [4.69, 9.17) is 0 Å². The van der Waals surface area contributed by atoms with Crippen molar-refractivity contribution in [3.05, 3.63) is 208 Å². The van der Waals surface area contributed by atoms with Gasteiger partial charge >= 0.3 is 0 Å². The van der Waals surface area contributed by atoms with E-state index in [1.54, 1.807) is 22.3 Å². The minimum absolute atomic E-state index is 0.112. The first-order chi connectivity index (χ1) is 32.1. The van der Waals surface area contributed by atoms with E-state index in [1.165, 1.54) is 129 Å². The van der Waals surface area contributed by atoms with Gasteiger partial charge in [0.05, 0.1) is 5.69 Å². The van der Waals surface area contributed by atoms with Crippen LogP contribution in [0.5, 0.6) is 0 Å². The molecule has 6 aliphatic rings. The van der Waals surface area contributed by atoms with E-state index in [9.17, 15) is 0 Å². The Kier molecular flexibility index (Phi) is 7.39. The number of aryl methyl sites for hydroxylation is 2. The minimum atomic E-state index is 0.112. The summed E-state index contributed by atoms with van der Waals surface area (Å²) in [6.07, 6.45) is 16.3. The Morgan fingerprint density at radius 1 is 0.446 bits per heavy atom. The molecule has 65 heavy (non-hydrogen) atoms. The predicted octanol–water partition coefficient (Wildman–Crippen LogP) is 13.8. The summed E-state index contributed by atoms with van der Waals surface area (Å²) in [4.78, 5) is 5.47. The van der Waals surface area contributed by atoms with E-state index < -0.39 is 0 Å². The van der Waals surface area contributed by atoms with Crippen LogP contribution in [0, 0.1) is 13.8 Å². The Bertz CT molecular complexity index is 3640. The van der Waals surface area contributed by atoms with Crippen molar-refractivity contribution in [2.24, 2.45) is 0 Å². The second kappa shape index (κ2) is 13.2. The zero-order chi connectivity index (χ0) is 42.7. The summed E-state index contributed by atoms with van der Waals surface area (Å²) in [5, 5.41) is 7.90. The van der Waals surface area contributed by atoms with Crippen LogP contribution < -0.4 is 26.2 Å². The Morgan fingerprint density at radius 3 is 1.65 bits per heavy atom. The number of benzene rings is 9. The van der Waals surface area contributed by atoms with Gasteiger partial charge in [-0.25, -0.2) is 0 Å². The summed E-state index contributed by atoms with van der Waals surface area (Å²) in [7, 11) is 0. The predicted molar refractivity (Wildman–Crippen MR) is 276 cm³/mol. The van der Waals surface area contributed by atoms with Gasteiger partial charge in [-0.15, -0.1) is 0 Å². The van der Waals surface area contributed by atoms with Gasteiger partial charge in [0.1, 0.15) is 0 Å². The largest absolute Gasteiger partial charge is 0.311 e. The molecule has 0 spiro atoms. The molecule has 0 radical (unpaired) electrons. The molecule has 4 aliphatic carbocycles. The highest BCUT2D eigenvalue weighted by molar-refractivity contribution is 7.00. The number of allylic oxidation sites excluding steroid dienone is 4. The molecule has 15 rings (SSSR count). The van der Waals surface area contributed by atoms with Crippen LogP contribution in [-0.2, 0) is 25.7 Å². The van der Waals surface area contributed by atoms with Gasteiger partial charge < -0.3 is 9.80 Å². The summed E-state index contributed by atoms with van der Waals surface area (Å²) in [6.45, 7) is 4.90. The molecule has 2 unspecified atom stereocenters. The zero-order valence-electron chi connectivity index (χ0n) is 37.0. The van der Waals surface area contributed by atoms with Crippen LogP contribution in [0.4, 0.5) is 34.1 Å². The van der Waals surface area contributed by atoms with Crippen LogP contribution in [0.25, 0.3) is 43.4 Å². The normalized spacial score (nSPS) is 18.0. The average Bonchev–Trinajstić information content (AvgIpc) is 4.07. The second-order valence-electron chi connectivity index (χ2n) is 19.7. The van der Waals surface area contributed by atoms with E-state index in [0.29, 0.717) is 11.8 Å². The first-order valence-corrected chi connectivity index (χ1v) is 24.1. The van der Waals surface area contributed by atoms with E-state index in [0.717, 1.165) is 25.7 Å². The summed E-state index contributed by atoms with van der Waals surface area (Å²) < 4.78 is 0. The molecule has 0 saturated carbocycles. The fraction of sp³-hybridized carbons (Fsp3) is 0.161. The molecule has 0 fully saturated rings. The lowest BCUT2D eigenvalue weighted by Gasteiger charge is -2.46. The molecule has 3 heteroatoms. The molecule has 0 saturated heterocycles. The smallest absolute Gasteiger partial charge is 0.252 e. The third-order valence-corrected chi connectivity index (χ3v) is 16.5. The molecule has 9 aromatic rings. The first-order valence-electron chi connectivity index (χ1n) is 24.1. The SMILES string of the molecule is Cc1cc2c(c3c1CCC3)N(c1ccc3c(c1)C1C=CC=CC1c1ccccc1-3)c1cccc3c1B2c1cc(C)c2c(c1N3c1cccc3c4ccccc4c4ccccc4c13)CCC2. The molecule has 9 aromatic carbocycles. The maximum absolute atomic E-state index is 2.74. The van der Waals surface area contributed by atoms with Crippen LogP contribution in [0.1, 0.15) is 69.2 Å². The third kappa shape index (κ3) is 4.76. The fourth-order valence-corrected chi connectivity index (χ4v) is 14.0. The quantitative estimate of drug-likeness (QED) is 0.126. The third-order valence-electron chi connectivity index (χ3n) is 16.5. The van der Waals surface area contributed by atoms with Gasteiger partial charge in [-0.05, 0) is 182 Å². The van der Waals surface area contributed by atoms with Crippen molar-refractivity contribution in [1.82, 2.24) is 0 Å². The van der Waals surface area contributed by atoms with Crippen molar-refractivity contribution in [3.63, 3.8) is 0 Å². The number of fused-ring (bicyclic) bond motifs is 20. The molecule has 0 amide bonds. The van der Waals surface area contributed by atoms with E-state index in [1.807, 2.05) is 0 Å². The van der Waals surface area contributed by atoms with Gasteiger partial charge in [0.25, 0.3) is 6.71 Å². The van der Waals surface area contributed by atoms with Crippen LogP contribution in [-0.4, -0.2) is 6.71 Å². The number of hydrogen-bond acceptors (Lipinski definition) is 2. The maximum atomic E-state index is 2.74. The van der Waals surface area contributed by atoms with Crippen LogP contribution in [0.2, 0.25) is 0 Å². The highest BCUT2D eigenvalue weighted by atomic mass is 15.2. The maximum Gasteiger partial charge on any atom is 0.252 e. The highest BCUT2D eigenvalue weighted by Gasteiger charge is 2.47. The van der Waals surface area contributed by atoms with Crippen molar-refractivity contribution >= 4 is 89.5 Å². The van der Waals surface area contributed by atoms with Crippen molar-refractivity contribution in [2.75, 3.05) is 9.80 Å². The topological polar surface area (TPSA) is 6.48 Å². The zero-order valence-corrected chi connectivity index (χ0v) is 37.0. The number of nitrogens with zero attached hydrogens (tertiary/aromatic N) is 2. The Morgan fingerprint density at radius 2 is 0.954 bits per heavy atom. The molecule has 308 valence electrons. The first kappa shape index (κ1) is 36.3. The van der Waals surface area contributed by atoms with Gasteiger partial charge in [-0.1, -0.05) is 133 Å².